The van der Waals surface area contributed by atoms with Gasteiger partial charge in [-0.25, -0.2) is 4.79 Å². The monoisotopic (exact) mass is 168 g/mol. The first-order chi connectivity index (χ1) is 5.66. The van der Waals surface area contributed by atoms with E-state index in [0.29, 0.717) is 12.3 Å². The Kier molecular flexibility index (Phi) is 1.50. The summed E-state index contributed by atoms with van der Waals surface area (Å²) in [7, 11) is 1.66. The summed E-state index contributed by atoms with van der Waals surface area (Å²) in [5.41, 5.74) is -0.161. The Balaban J connectivity index is 2.37. The van der Waals surface area contributed by atoms with Crippen LogP contribution in [0.15, 0.2) is 0 Å². The minimum atomic E-state index is -0.161. The van der Waals surface area contributed by atoms with E-state index in [1.807, 2.05) is 0 Å². The molecule has 1 N–H and O–H groups in total. The minimum absolute atomic E-state index is 0.0643. The number of rotatable bonds is 0. The van der Waals surface area contributed by atoms with Gasteiger partial charge in [-0.1, -0.05) is 12.8 Å². The van der Waals surface area contributed by atoms with Gasteiger partial charge >= 0.3 is 11.8 Å². The van der Waals surface area contributed by atoms with Gasteiger partial charge in [0, 0.05) is 0 Å². The van der Waals surface area contributed by atoms with Crippen molar-refractivity contribution in [2.24, 2.45) is 5.41 Å². The second-order valence-electron chi connectivity index (χ2n) is 3.94. The van der Waals surface area contributed by atoms with Gasteiger partial charge < -0.3 is 5.11 Å². The van der Waals surface area contributed by atoms with Crippen molar-refractivity contribution in [3.05, 3.63) is 0 Å². The zero-order valence-electron chi connectivity index (χ0n) is 7.34. The highest BCUT2D eigenvalue weighted by molar-refractivity contribution is 5.91. The van der Waals surface area contributed by atoms with Crippen LogP contribution in [0.5, 0.6) is 0 Å². The predicted molar refractivity (Wildman–Crippen MR) is 44.3 cm³/mol. The van der Waals surface area contributed by atoms with Crippen molar-refractivity contribution >= 4 is 11.8 Å². The summed E-state index contributed by atoms with van der Waals surface area (Å²) >= 11 is 0. The molecule has 0 aromatic heterocycles. The summed E-state index contributed by atoms with van der Waals surface area (Å²) in [5, 5.41) is 9.74. The number of hydrogen-bond acceptors (Lipinski definition) is 1. The SMILES string of the molecule is C[N+]1=C(O)C2(CCCC2)CC1=O. The third-order valence-corrected chi connectivity index (χ3v) is 3.22. The number of aliphatic hydroxyl groups is 1. The second kappa shape index (κ2) is 2.31. The summed E-state index contributed by atoms with van der Waals surface area (Å²) < 4.78 is 1.41. The molecule has 66 valence electrons. The lowest BCUT2D eigenvalue weighted by atomic mass is 9.84. The fourth-order valence-corrected chi connectivity index (χ4v) is 2.41. The molecule has 1 fully saturated rings. The summed E-state index contributed by atoms with van der Waals surface area (Å²) in [6.07, 6.45) is 4.77. The van der Waals surface area contributed by atoms with Gasteiger partial charge in [-0.2, -0.15) is 0 Å². The Morgan fingerprint density at radius 2 is 2.00 bits per heavy atom. The molecule has 0 atom stereocenters. The van der Waals surface area contributed by atoms with Crippen molar-refractivity contribution in [1.82, 2.24) is 0 Å². The first-order valence-corrected chi connectivity index (χ1v) is 4.49. The lowest BCUT2D eigenvalue weighted by molar-refractivity contribution is -0.421. The number of nitrogens with zero attached hydrogens (tertiary/aromatic N) is 1. The Labute approximate surface area is 71.7 Å². The van der Waals surface area contributed by atoms with Crippen LogP contribution in [-0.2, 0) is 4.79 Å². The van der Waals surface area contributed by atoms with Crippen LogP contribution in [0, 0.1) is 5.41 Å². The number of carbonyl (C=O) groups is 1. The van der Waals surface area contributed by atoms with E-state index < -0.39 is 0 Å². The highest BCUT2D eigenvalue weighted by atomic mass is 16.3. The molecule has 1 saturated carbocycles. The molecule has 2 rings (SSSR count). The van der Waals surface area contributed by atoms with Crippen molar-refractivity contribution in [3.63, 3.8) is 0 Å². The van der Waals surface area contributed by atoms with Crippen LogP contribution in [0.3, 0.4) is 0 Å². The molecule has 1 aliphatic carbocycles. The maximum absolute atomic E-state index is 11.3. The predicted octanol–water partition coefficient (Wildman–Crippen LogP) is 1.08. The maximum Gasteiger partial charge on any atom is 0.390 e. The maximum atomic E-state index is 11.3. The number of amides is 1. The molecular formula is C9H14NO2+. The topological polar surface area (TPSA) is 40.3 Å². The molecule has 0 saturated heterocycles. The van der Waals surface area contributed by atoms with Crippen molar-refractivity contribution in [3.8, 4) is 0 Å². The van der Waals surface area contributed by atoms with Gasteiger partial charge in [-0.3, -0.25) is 0 Å². The average molecular weight is 168 g/mol. The van der Waals surface area contributed by atoms with Crippen LogP contribution in [0.25, 0.3) is 0 Å². The third-order valence-electron chi connectivity index (χ3n) is 3.22. The summed E-state index contributed by atoms with van der Waals surface area (Å²) in [6, 6.07) is 0. The van der Waals surface area contributed by atoms with Gasteiger partial charge in [0.25, 0.3) is 0 Å². The average Bonchev–Trinajstić information content (AvgIpc) is 2.57. The van der Waals surface area contributed by atoms with Crippen LogP contribution >= 0.6 is 0 Å². The Bertz CT molecular complexity index is 262. The Hall–Kier alpha value is -0.860. The zero-order chi connectivity index (χ0) is 8.77. The van der Waals surface area contributed by atoms with E-state index in [9.17, 15) is 9.90 Å². The van der Waals surface area contributed by atoms with Gasteiger partial charge in [0.1, 0.15) is 12.5 Å². The molecule has 0 bridgehead atoms. The molecule has 12 heavy (non-hydrogen) atoms. The smallest absolute Gasteiger partial charge is 0.390 e. The van der Waals surface area contributed by atoms with Gasteiger partial charge in [0.2, 0.25) is 0 Å². The standard InChI is InChI=1S/C9H13NO2/c1-10-7(11)6-9(8(10)12)4-2-3-5-9/h2-6H2,1H3/p+1. The summed E-state index contributed by atoms with van der Waals surface area (Å²) in [5.74, 6) is 0.374. The van der Waals surface area contributed by atoms with E-state index in [1.165, 1.54) is 4.58 Å². The summed E-state index contributed by atoms with van der Waals surface area (Å²) in [4.78, 5) is 11.3. The van der Waals surface area contributed by atoms with E-state index in [0.717, 1.165) is 25.7 Å². The molecule has 3 heteroatoms. The molecule has 0 unspecified atom stereocenters. The lowest BCUT2D eigenvalue weighted by Crippen LogP contribution is -2.26. The fraction of sp³-hybridized carbons (Fsp3) is 0.778. The number of hydrogen-bond donors (Lipinski definition) is 1. The number of carbonyl (C=O) groups excluding carboxylic acids is 1. The van der Waals surface area contributed by atoms with Crippen molar-refractivity contribution in [2.75, 3.05) is 7.05 Å². The van der Waals surface area contributed by atoms with Crippen LogP contribution in [0.4, 0.5) is 0 Å². The molecule has 2 aliphatic rings. The molecule has 0 aromatic rings. The van der Waals surface area contributed by atoms with Crippen LogP contribution < -0.4 is 0 Å². The minimum Gasteiger partial charge on any atom is -0.463 e. The van der Waals surface area contributed by atoms with Gasteiger partial charge in [-0.05, 0) is 12.8 Å². The van der Waals surface area contributed by atoms with Crippen LogP contribution in [-0.4, -0.2) is 28.5 Å². The molecule has 0 radical (unpaired) electrons. The normalized spacial score (nSPS) is 27.6. The molecule has 1 heterocycles. The van der Waals surface area contributed by atoms with Crippen molar-refractivity contribution in [2.45, 2.75) is 32.1 Å². The Morgan fingerprint density at radius 1 is 1.42 bits per heavy atom. The largest absolute Gasteiger partial charge is 0.463 e. The van der Waals surface area contributed by atoms with Crippen molar-refractivity contribution in [1.29, 1.82) is 0 Å². The van der Waals surface area contributed by atoms with E-state index in [-0.39, 0.29) is 11.3 Å². The van der Waals surface area contributed by atoms with E-state index >= 15 is 0 Å². The quantitative estimate of drug-likeness (QED) is 0.550. The second-order valence-corrected chi connectivity index (χ2v) is 3.94. The van der Waals surface area contributed by atoms with Gasteiger partial charge in [0.05, 0.1) is 6.42 Å². The van der Waals surface area contributed by atoms with E-state index in [4.69, 9.17) is 0 Å². The zero-order valence-corrected chi connectivity index (χ0v) is 7.34. The molecule has 1 aliphatic heterocycles. The summed E-state index contributed by atoms with van der Waals surface area (Å²) in [6.45, 7) is 0. The number of aliphatic hydroxyl groups excluding tert-OH is 1. The molecule has 1 spiro atoms. The van der Waals surface area contributed by atoms with Gasteiger partial charge in [0.15, 0.2) is 0 Å². The van der Waals surface area contributed by atoms with Gasteiger partial charge in [-0.15, -0.1) is 4.58 Å². The fourth-order valence-electron chi connectivity index (χ4n) is 2.41. The first-order valence-electron chi connectivity index (χ1n) is 4.49. The molecular weight excluding hydrogens is 154 g/mol. The Morgan fingerprint density at radius 3 is 2.42 bits per heavy atom. The molecule has 0 aromatic carbocycles. The lowest BCUT2D eigenvalue weighted by Gasteiger charge is -2.13. The van der Waals surface area contributed by atoms with Crippen molar-refractivity contribution < 1.29 is 14.5 Å². The molecule has 1 amide bonds. The van der Waals surface area contributed by atoms with E-state index in [2.05, 4.69) is 0 Å². The van der Waals surface area contributed by atoms with Crippen LogP contribution in [0.2, 0.25) is 0 Å². The highest BCUT2D eigenvalue weighted by Crippen LogP contribution is 2.44. The highest BCUT2D eigenvalue weighted by Gasteiger charge is 2.53. The van der Waals surface area contributed by atoms with E-state index in [1.54, 1.807) is 7.05 Å². The van der Waals surface area contributed by atoms with Crippen LogP contribution in [0.1, 0.15) is 32.1 Å². The molecule has 3 nitrogen and oxygen atoms in total. The first kappa shape index (κ1) is 7.77. The third kappa shape index (κ3) is 0.822.